The lowest BCUT2D eigenvalue weighted by molar-refractivity contribution is -0.127. The van der Waals surface area contributed by atoms with Crippen LogP contribution >= 0.6 is 0 Å². The van der Waals surface area contributed by atoms with E-state index in [4.69, 9.17) is 5.84 Å². The fourth-order valence-corrected chi connectivity index (χ4v) is 2.06. The van der Waals surface area contributed by atoms with E-state index < -0.39 is 29.3 Å². The molecule has 6 nitrogen and oxygen atoms in total. The second kappa shape index (κ2) is 5.41. The maximum absolute atomic E-state index is 13.6. The van der Waals surface area contributed by atoms with E-state index >= 15 is 0 Å². The van der Waals surface area contributed by atoms with Crippen LogP contribution in [0.5, 0.6) is 0 Å². The van der Waals surface area contributed by atoms with Crippen LogP contribution < -0.4 is 16.6 Å². The largest absolute Gasteiger partial charge is 0.353 e. The Morgan fingerprint density at radius 3 is 2.60 bits per heavy atom. The highest BCUT2D eigenvalue weighted by molar-refractivity contribution is 5.98. The topological polar surface area (TPSA) is 87.5 Å². The van der Waals surface area contributed by atoms with Crippen LogP contribution in [0, 0.1) is 11.6 Å². The van der Waals surface area contributed by atoms with Crippen LogP contribution in [0.15, 0.2) is 12.1 Å². The normalized spacial score (nSPS) is 18.7. The molecule has 1 aromatic rings. The molecular formula is C12H14F2N4O2. The standard InChI is InChI=1S/C12H14F2N4O2/c1-6-11(19)16-2-3-18(6)12(20)7-4-8(13)10(17-15)9(14)5-7/h4-6,17H,2-3,15H2,1H3,(H,16,19). The van der Waals surface area contributed by atoms with Crippen LogP contribution in [0.4, 0.5) is 14.5 Å². The molecule has 8 heteroatoms. The van der Waals surface area contributed by atoms with Gasteiger partial charge in [0.25, 0.3) is 5.91 Å². The zero-order valence-electron chi connectivity index (χ0n) is 10.7. The van der Waals surface area contributed by atoms with Crippen molar-refractivity contribution in [2.24, 2.45) is 5.84 Å². The number of carbonyl (C=O) groups is 2. The first-order valence-corrected chi connectivity index (χ1v) is 6.00. The van der Waals surface area contributed by atoms with Crippen molar-refractivity contribution in [1.29, 1.82) is 0 Å². The third-order valence-electron chi connectivity index (χ3n) is 3.19. The minimum absolute atomic E-state index is 0.166. The molecule has 0 aromatic heterocycles. The summed E-state index contributed by atoms with van der Waals surface area (Å²) in [6.45, 7) is 2.14. The van der Waals surface area contributed by atoms with E-state index in [0.29, 0.717) is 6.54 Å². The van der Waals surface area contributed by atoms with Gasteiger partial charge in [0.05, 0.1) is 0 Å². The van der Waals surface area contributed by atoms with E-state index in [1.54, 1.807) is 6.92 Å². The number of amides is 2. The van der Waals surface area contributed by atoms with Gasteiger partial charge >= 0.3 is 0 Å². The molecule has 1 fully saturated rings. The van der Waals surface area contributed by atoms with Crippen molar-refractivity contribution >= 4 is 17.5 Å². The fraction of sp³-hybridized carbons (Fsp3) is 0.333. The minimum atomic E-state index is -0.968. The number of hydrazine groups is 1. The van der Waals surface area contributed by atoms with Gasteiger partial charge in [0.15, 0.2) is 11.6 Å². The molecule has 1 unspecified atom stereocenters. The summed E-state index contributed by atoms with van der Waals surface area (Å²) in [5.74, 6) is 2.14. The second-order valence-electron chi connectivity index (χ2n) is 4.42. The lowest BCUT2D eigenvalue weighted by atomic mass is 10.1. The Bertz CT molecular complexity index is 541. The molecular weight excluding hydrogens is 270 g/mol. The van der Waals surface area contributed by atoms with Crippen LogP contribution in [0.2, 0.25) is 0 Å². The van der Waals surface area contributed by atoms with Gasteiger partial charge in [0.1, 0.15) is 11.7 Å². The molecule has 1 atom stereocenters. The predicted molar refractivity (Wildman–Crippen MR) is 67.7 cm³/mol. The summed E-state index contributed by atoms with van der Waals surface area (Å²) < 4.78 is 27.2. The molecule has 0 saturated carbocycles. The Kier molecular flexibility index (Phi) is 3.84. The zero-order valence-corrected chi connectivity index (χ0v) is 10.7. The van der Waals surface area contributed by atoms with Gasteiger partial charge in [-0.05, 0) is 19.1 Å². The third-order valence-corrected chi connectivity index (χ3v) is 3.19. The highest BCUT2D eigenvalue weighted by Gasteiger charge is 2.30. The molecule has 20 heavy (non-hydrogen) atoms. The van der Waals surface area contributed by atoms with Crippen molar-refractivity contribution in [3.63, 3.8) is 0 Å². The Morgan fingerprint density at radius 2 is 2.05 bits per heavy atom. The number of hydrogen-bond donors (Lipinski definition) is 3. The first-order valence-electron chi connectivity index (χ1n) is 6.00. The first kappa shape index (κ1) is 14.2. The summed E-state index contributed by atoms with van der Waals surface area (Å²) in [5.41, 5.74) is 1.21. The average molecular weight is 284 g/mol. The van der Waals surface area contributed by atoms with Crippen molar-refractivity contribution in [1.82, 2.24) is 10.2 Å². The Hall–Kier alpha value is -2.22. The minimum Gasteiger partial charge on any atom is -0.353 e. The number of halogens is 2. The Morgan fingerprint density at radius 1 is 1.45 bits per heavy atom. The van der Waals surface area contributed by atoms with E-state index in [9.17, 15) is 18.4 Å². The van der Waals surface area contributed by atoms with Gasteiger partial charge in [-0.2, -0.15) is 0 Å². The van der Waals surface area contributed by atoms with E-state index in [1.807, 2.05) is 5.43 Å². The molecule has 108 valence electrons. The van der Waals surface area contributed by atoms with Gasteiger partial charge in [-0.1, -0.05) is 0 Å². The number of carbonyl (C=O) groups excluding carboxylic acids is 2. The van der Waals surface area contributed by atoms with E-state index in [2.05, 4.69) is 5.32 Å². The van der Waals surface area contributed by atoms with Crippen molar-refractivity contribution in [3.05, 3.63) is 29.3 Å². The number of rotatable bonds is 2. The first-order chi connectivity index (χ1) is 9.45. The summed E-state index contributed by atoms with van der Waals surface area (Å²) in [4.78, 5) is 25.0. The maximum atomic E-state index is 13.6. The fourth-order valence-electron chi connectivity index (χ4n) is 2.06. The van der Waals surface area contributed by atoms with Crippen molar-refractivity contribution in [2.75, 3.05) is 18.5 Å². The third kappa shape index (κ3) is 2.42. The monoisotopic (exact) mass is 284 g/mol. The number of nitrogens with zero attached hydrogens (tertiary/aromatic N) is 1. The molecule has 4 N–H and O–H groups in total. The summed E-state index contributed by atoms with van der Waals surface area (Å²) >= 11 is 0. The van der Waals surface area contributed by atoms with Crippen molar-refractivity contribution in [3.8, 4) is 0 Å². The van der Waals surface area contributed by atoms with Crippen LogP contribution in [0.3, 0.4) is 0 Å². The van der Waals surface area contributed by atoms with Gasteiger partial charge in [-0.3, -0.25) is 15.4 Å². The summed E-state index contributed by atoms with van der Waals surface area (Å²) in [6.07, 6.45) is 0. The Balaban J connectivity index is 2.32. The molecule has 1 aliphatic heterocycles. The van der Waals surface area contributed by atoms with Gasteiger partial charge in [0, 0.05) is 18.7 Å². The predicted octanol–water partition coefficient (Wildman–Crippen LogP) is 0.211. The van der Waals surface area contributed by atoms with Gasteiger partial charge in [0.2, 0.25) is 5.91 Å². The number of piperazine rings is 1. The molecule has 1 aliphatic rings. The molecule has 1 aromatic carbocycles. The molecule has 1 saturated heterocycles. The molecule has 2 amide bonds. The molecule has 0 aliphatic carbocycles. The number of nitrogens with two attached hydrogens (primary N) is 1. The SMILES string of the molecule is CC1C(=O)NCCN1C(=O)c1cc(F)c(NN)c(F)c1. The smallest absolute Gasteiger partial charge is 0.254 e. The van der Waals surface area contributed by atoms with E-state index in [1.165, 1.54) is 4.90 Å². The van der Waals surface area contributed by atoms with Crippen LogP contribution in [0.1, 0.15) is 17.3 Å². The number of benzene rings is 1. The number of nitrogens with one attached hydrogen (secondary N) is 2. The molecule has 0 bridgehead atoms. The van der Waals surface area contributed by atoms with Crippen LogP contribution in [-0.2, 0) is 4.79 Å². The van der Waals surface area contributed by atoms with Gasteiger partial charge < -0.3 is 15.6 Å². The molecule has 0 radical (unpaired) electrons. The van der Waals surface area contributed by atoms with Crippen molar-refractivity contribution < 1.29 is 18.4 Å². The molecule has 1 heterocycles. The number of nitrogen functional groups attached to an aromatic ring is 1. The summed E-state index contributed by atoms with van der Waals surface area (Å²) in [5, 5.41) is 2.60. The van der Waals surface area contributed by atoms with Crippen LogP contribution in [0.25, 0.3) is 0 Å². The second-order valence-corrected chi connectivity index (χ2v) is 4.42. The van der Waals surface area contributed by atoms with Gasteiger partial charge in [-0.15, -0.1) is 0 Å². The maximum Gasteiger partial charge on any atom is 0.254 e. The average Bonchev–Trinajstić information content (AvgIpc) is 2.41. The van der Waals surface area contributed by atoms with E-state index in [0.717, 1.165) is 12.1 Å². The highest BCUT2D eigenvalue weighted by atomic mass is 19.1. The zero-order chi connectivity index (χ0) is 14.9. The number of anilines is 1. The van der Waals surface area contributed by atoms with Crippen molar-refractivity contribution in [2.45, 2.75) is 13.0 Å². The van der Waals surface area contributed by atoms with Gasteiger partial charge in [-0.25, -0.2) is 8.78 Å². The lowest BCUT2D eigenvalue weighted by Gasteiger charge is -2.32. The summed E-state index contributed by atoms with van der Waals surface area (Å²) in [7, 11) is 0. The molecule has 0 spiro atoms. The summed E-state index contributed by atoms with van der Waals surface area (Å²) in [6, 6.07) is 1.09. The van der Waals surface area contributed by atoms with E-state index in [-0.39, 0.29) is 18.0 Å². The Labute approximate surface area is 113 Å². The lowest BCUT2D eigenvalue weighted by Crippen LogP contribution is -2.55. The quantitative estimate of drug-likeness (QED) is 0.535. The van der Waals surface area contributed by atoms with Crippen LogP contribution in [-0.4, -0.2) is 35.8 Å². The highest BCUT2D eigenvalue weighted by Crippen LogP contribution is 2.21. The molecule has 2 rings (SSSR count). The number of hydrogen-bond acceptors (Lipinski definition) is 4.